The van der Waals surface area contributed by atoms with Gasteiger partial charge < -0.3 is 5.32 Å². The second kappa shape index (κ2) is 5.01. The highest BCUT2D eigenvalue weighted by atomic mass is 32.2. The Morgan fingerprint density at radius 1 is 1.59 bits per heavy atom. The van der Waals surface area contributed by atoms with Gasteiger partial charge in [-0.2, -0.15) is 0 Å². The summed E-state index contributed by atoms with van der Waals surface area (Å²) < 4.78 is 23.0. The van der Waals surface area contributed by atoms with Gasteiger partial charge in [0, 0.05) is 18.1 Å². The summed E-state index contributed by atoms with van der Waals surface area (Å²) in [6.45, 7) is 0.166. The van der Waals surface area contributed by atoms with Gasteiger partial charge in [0.2, 0.25) is 0 Å². The first kappa shape index (κ1) is 12.3. The van der Waals surface area contributed by atoms with E-state index in [4.69, 9.17) is 0 Å². The van der Waals surface area contributed by atoms with Crippen LogP contribution in [0.1, 0.15) is 12.8 Å². The molecule has 1 atom stereocenters. The third-order valence-corrected chi connectivity index (χ3v) is 5.57. The summed E-state index contributed by atoms with van der Waals surface area (Å²) in [6.07, 6.45) is 2.89. The van der Waals surface area contributed by atoms with Crippen molar-refractivity contribution < 1.29 is 13.2 Å². The predicted molar refractivity (Wildman–Crippen MR) is 65.9 cm³/mol. The Hall–Kier alpha value is -1.15. The molecule has 1 fully saturated rings. The maximum atomic E-state index is 11.5. The van der Waals surface area contributed by atoms with Crippen molar-refractivity contribution in [3.8, 4) is 0 Å². The van der Waals surface area contributed by atoms with Crippen LogP contribution >= 0.6 is 11.3 Å². The molecule has 0 aromatic carbocycles. The standard InChI is InChI=1S/C9H13N3O3S2/c13-8(12-9-10-3-4-16-9)11-6-7-2-1-5-17(7,14)15/h3-4,7H,1-2,5-6H2,(H2,10,11,12,13)/t7-/m1/s1. The van der Waals surface area contributed by atoms with Crippen LogP contribution in [0.2, 0.25) is 0 Å². The minimum absolute atomic E-state index is 0.166. The Morgan fingerprint density at radius 3 is 3.00 bits per heavy atom. The number of sulfone groups is 1. The minimum atomic E-state index is -3.00. The van der Waals surface area contributed by atoms with Crippen molar-refractivity contribution in [1.29, 1.82) is 0 Å². The molecule has 8 heteroatoms. The number of carbonyl (C=O) groups excluding carboxylic acids is 1. The molecule has 1 aromatic heterocycles. The van der Waals surface area contributed by atoms with Crippen LogP contribution in [0.5, 0.6) is 0 Å². The number of hydrogen-bond acceptors (Lipinski definition) is 5. The van der Waals surface area contributed by atoms with Crippen LogP contribution in [-0.2, 0) is 9.84 Å². The van der Waals surface area contributed by atoms with Crippen molar-refractivity contribution in [1.82, 2.24) is 10.3 Å². The van der Waals surface area contributed by atoms with Gasteiger partial charge >= 0.3 is 6.03 Å². The molecule has 0 spiro atoms. The highest BCUT2D eigenvalue weighted by molar-refractivity contribution is 7.92. The van der Waals surface area contributed by atoms with Crippen LogP contribution in [0.4, 0.5) is 9.93 Å². The van der Waals surface area contributed by atoms with E-state index in [1.165, 1.54) is 11.3 Å². The SMILES string of the molecule is O=C(NC[C@H]1CCCS1(=O)=O)Nc1nccs1. The van der Waals surface area contributed by atoms with Gasteiger partial charge in [0.05, 0.1) is 11.0 Å². The molecule has 94 valence electrons. The van der Waals surface area contributed by atoms with E-state index >= 15 is 0 Å². The van der Waals surface area contributed by atoms with E-state index in [-0.39, 0.29) is 12.3 Å². The Bertz CT molecular complexity index is 484. The van der Waals surface area contributed by atoms with E-state index in [2.05, 4.69) is 15.6 Å². The molecule has 1 saturated heterocycles. The maximum Gasteiger partial charge on any atom is 0.321 e. The summed E-state index contributed by atoms with van der Waals surface area (Å²) in [7, 11) is -3.00. The number of anilines is 1. The van der Waals surface area contributed by atoms with Crippen molar-refractivity contribution in [3.05, 3.63) is 11.6 Å². The van der Waals surface area contributed by atoms with Gasteiger partial charge in [0.25, 0.3) is 0 Å². The lowest BCUT2D eigenvalue weighted by molar-refractivity contribution is 0.252. The summed E-state index contributed by atoms with van der Waals surface area (Å²) in [5, 5.41) is 6.90. The zero-order valence-corrected chi connectivity index (χ0v) is 10.7. The van der Waals surface area contributed by atoms with Crippen molar-refractivity contribution in [2.75, 3.05) is 17.6 Å². The number of thiazole rings is 1. The van der Waals surface area contributed by atoms with Crippen LogP contribution in [0, 0.1) is 0 Å². The summed E-state index contributed by atoms with van der Waals surface area (Å²) >= 11 is 1.31. The lowest BCUT2D eigenvalue weighted by Gasteiger charge is -2.10. The number of amides is 2. The molecule has 0 aliphatic carbocycles. The van der Waals surface area contributed by atoms with Gasteiger partial charge in [0.1, 0.15) is 0 Å². The fraction of sp³-hybridized carbons (Fsp3) is 0.556. The second-order valence-corrected chi connectivity index (χ2v) is 7.10. The van der Waals surface area contributed by atoms with E-state index in [0.29, 0.717) is 18.0 Å². The average Bonchev–Trinajstić information content (AvgIpc) is 2.85. The number of rotatable bonds is 3. The van der Waals surface area contributed by atoms with Crippen LogP contribution < -0.4 is 10.6 Å². The van der Waals surface area contributed by atoms with E-state index in [1.807, 2.05) is 0 Å². The van der Waals surface area contributed by atoms with Gasteiger partial charge in [0.15, 0.2) is 15.0 Å². The summed E-state index contributed by atoms with van der Waals surface area (Å²) in [6, 6.07) is -0.415. The molecular weight excluding hydrogens is 262 g/mol. The molecule has 17 heavy (non-hydrogen) atoms. The number of urea groups is 1. The van der Waals surface area contributed by atoms with Gasteiger partial charge in [-0.15, -0.1) is 11.3 Å². The minimum Gasteiger partial charge on any atom is -0.337 e. The number of nitrogens with zero attached hydrogens (tertiary/aromatic N) is 1. The molecule has 0 unspecified atom stereocenters. The van der Waals surface area contributed by atoms with Gasteiger partial charge in [-0.25, -0.2) is 18.2 Å². The quantitative estimate of drug-likeness (QED) is 0.855. The Morgan fingerprint density at radius 2 is 2.41 bits per heavy atom. The average molecular weight is 275 g/mol. The molecule has 2 heterocycles. The summed E-state index contributed by atoms with van der Waals surface area (Å²) in [5.41, 5.74) is 0. The van der Waals surface area contributed by atoms with E-state index < -0.39 is 21.1 Å². The zero-order chi connectivity index (χ0) is 12.3. The van der Waals surface area contributed by atoms with Gasteiger partial charge in [-0.05, 0) is 12.8 Å². The molecule has 1 aromatic rings. The second-order valence-electron chi connectivity index (χ2n) is 3.80. The van der Waals surface area contributed by atoms with Gasteiger partial charge in [-0.1, -0.05) is 0 Å². The summed E-state index contributed by atoms with van der Waals surface area (Å²) in [5.74, 6) is 0.230. The number of aromatic nitrogens is 1. The fourth-order valence-electron chi connectivity index (χ4n) is 1.72. The molecule has 0 saturated carbocycles. The van der Waals surface area contributed by atoms with E-state index in [9.17, 15) is 13.2 Å². The topological polar surface area (TPSA) is 88.2 Å². The molecule has 1 aliphatic heterocycles. The van der Waals surface area contributed by atoms with E-state index in [0.717, 1.165) is 0 Å². The normalized spacial score (nSPS) is 22.2. The number of carbonyl (C=O) groups is 1. The Labute approximate surface area is 103 Å². The van der Waals surface area contributed by atoms with Crippen LogP contribution in [-0.4, -0.2) is 37.0 Å². The molecule has 6 nitrogen and oxygen atoms in total. The molecule has 2 amide bonds. The first-order valence-electron chi connectivity index (χ1n) is 5.24. The Balaban J connectivity index is 1.81. The summed E-state index contributed by atoms with van der Waals surface area (Å²) in [4.78, 5) is 15.3. The monoisotopic (exact) mass is 275 g/mol. The lowest BCUT2D eigenvalue weighted by atomic mass is 10.2. The van der Waals surface area contributed by atoms with Crippen LogP contribution in [0.3, 0.4) is 0 Å². The molecule has 2 N–H and O–H groups in total. The third kappa shape index (κ3) is 3.16. The van der Waals surface area contributed by atoms with E-state index in [1.54, 1.807) is 11.6 Å². The smallest absolute Gasteiger partial charge is 0.321 e. The molecule has 0 bridgehead atoms. The first-order chi connectivity index (χ1) is 8.08. The third-order valence-electron chi connectivity index (χ3n) is 2.61. The highest BCUT2D eigenvalue weighted by Crippen LogP contribution is 2.19. The van der Waals surface area contributed by atoms with Crippen LogP contribution in [0.15, 0.2) is 11.6 Å². The zero-order valence-electron chi connectivity index (χ0n) is 9.05. The molecule has 2 rings (SSSR count). The lowest BCUT2D eigenvalue weighted by Crippen LogP contribution is -2.37. The van der Waals surface area contributed by atoms with Crippen molar-refractivity contribution >= 4 is 32.3 Å². The van der Waals surface area contributed by atoms with Gasteiger partial charge in [-0.3, -0.25) is 5.32 Å². The number of nitrogens with one attached hydrogen (secondary N) is 2. The predicted octanol–water partition coefficient (Wildman–Crippen LogP) is 0.842. The largest absolute Gasteiger partial charge is 0.337 e. The molecular formula is C9H13N3O3S2. The van der Waals surface area contributed by atoms with Crippen molar-refractivity contribution in [2.24, 2.45) is 0 Å². The van der Waals surface area contributed by atoms with Crippen molar-refractivity contribution in [2.45, 2.75) is 18.1 Å². The molecule has 1 aliphatic rings. The first-order valence-corrected chi connectivity index (χ1v) is 7.83. The van der Waals surface area contributed by atoms with Crippen LogP contribution in [0.25, 0.3) is 0 Å². The highest BCUT2D eigenvalue weighted by Gasteiger charge is 2.31. The number of hydrogen-bond donors (Lipinski definition) is 2. The molecule has 0 radical (unpaired) electrons. The Kier molecular flexibility index (Phi) is 3.63. The van der Waals surface area contributed by atoms with Crippen molar-refractivity contribution in [3.63, 3.8) is 0 Å². The maximum absolute atomic E-state index is 11.5. The fourth-order valence-corrected chi connectivity index (χ4v) is 4.01.